The molecule has 1 heterocycles. The SMILES string of the molecule is O=C(Nc1ccc(-c2ncn[nH]2)cc1F)c1cccc(Cl)c1. The van der Waals surface area contributed by atoms with Gasteiger partial charge in [-0.15, -0.1) is 0 Å². The lowest BCUT2D eigenvalue weighted by Gasteiger charge is -2.07. The molecule has 2 aromatic carbocycles. The van der Waals surface area contributed by atoms with Gasteiger partial charge in [0.1, 0.15) is 12.1 Å². The largest absolute Gasteiger partial charge is 0.319 e. The van der Waals surface area contributed by atoms with Gasteiger partial charge in [0.25, 0.3) is 5.91 Å². The maximum absolute atomic E-state index is 14.1. The lowest BCUT2D eigenvalue weighted by Crippen LogP contribution is -2.12. The van der Waals surface area contributed by atoms with Crippen LogP contribution in [0.2, 0.25) is 5.02 Å². The lowest BCUT2D eigenvalue weighted by atomic mass is 10.1. The van der Waals surface area contributed by atoms with Crippen molar-refractivity contribution >= 4 is 23.2 Å². The zero-order valence-corrected chi connectivity index (χ0v) is 11.9. The number of rotatable bonds is 3. The Hall–Kier alpha value is -2.73. The number of carbonyl (C=O) groups is 1. The number of anilines is 1. The number of nitrogens with one attached hydrogen (secondary N) is 2. The maximum Gasteiger partial charge on any atom is 0.255 e. The first-order valence-electron chi connectivity index (χ1n) is 6.36. The van der Waals surface area contributed by atoms with Gasteiger partial charge >= 0.3 is 0 Å². The van der Waals surface area contributed by atoms with Crippen molar-refractivity contribution in [1.29, 1.82) is 0 Å². The zero-order chi connectivity index (χ0) is 15.5. The van der Waals surface area contributed by atoms with Gasteiger partial charge in [0.2, 0.25) is 0 Å². The van der Waals surface area contributed by atoms with Gasteiger partial charge in [-0.25, -0.2) is 9.37 Å². The molecule has 0 bridgehead atoms. The van der Waals surface area contributed by atoms with Crippen LogP contribution in [0.15, 0.2) is 48.8 Å². The van der Waals surface area contributed by atoms with Crippen LogP contribution in [0.5, 0.6) is 0 Å². The van der Waals surface area contributed by atoms with Gasteiger partial charge in [-0.05, 0) is 36.4 Å². The smallest absolute Gasteiger partial charge is 0.255 e. The third-order valence-electron chi connectivity index (χ3n) is 2.99. The van der Waals surface area contributed by atoms with E-state index in [1.165, 1.54) is 24.5 Å². The first-order valence-corrected chi connectivity index (χ1v) is 6.73. The number of H-pyrrole nitrogens is 1. The summed E-state index contributed by atoms with van der Waals surface area (Å²) in [6, 6.07) is 10.8. The summed E-state index contributed by atoms with van der Waals surface area (Å²) in [5, 5.41) is 9.30. The van der Waals surface area contributed by atoms with Crippen LogP contribution in [-0.2, 0) is 0 Å². The average Bonchev–Trinajstić information content (AvgIpc) is 3.03. The van der Waals surface area contributed by atoms with E-state index >= 15 is 0 Å². The Kier molecular flexibility index (Phi) is 3.84. The fourth-order valence-corrected chi connectivity index (χ4v) is 2.12. The van der Waals surface area contributed by atoms with Crippen LogP contribution in [0, 0.1) is 5.82 Å². The van der Waals surface area contributed by atoms with Crippen LogP contribution >= 0.6 is 11.6 Å². The summed E-state index contributed by atoms with van der Waals surface area (Å²) in [5.41, 5.74) is 0.968. The molecule has 22 heavy (non-hydrogen) atoms. The van der Waals surface area contributed by atoms with E-state index in [-0.39, 0.29) is 5.69 Å². The fourth-order valence-electron chi connectivity index (χ4n) is 1.93. The minimum Gasteiger partial charge on any atom is -0.319 e. The molecule has 3 aromatic rings. The standard InChI is InChI=1S/C15H10ClFN4O/c16-11-3-1-2-10(6-11)15(22)20-13-5-4-9(7-12(13)17)14-18-8-19-21-14/h1-8H,(H,20,22)(H,18,19,21). The fraction of sp³-hybridized carbons (Fsp3) is 0. The maximum atomic E-state index is 14.1. The van der Waals surface area contributed by atoms with Crippen LogP contribution in [0.25, 0.3) is 11.4 Å². The number of benzene rings is 2. The first-order chi connectivity index (χ1) is 10.6. The molecule has 0 saturated heterocycles. The van der Waals surface area contributed by atoms with Gasteiger partial charge in [-0.1, -0.05) is 17.7 Å². The molecule has 0 aliphatic heterocycles. The molecule has 0 spiro atoms. The second kappa shape index (κ2) is 5.95. The average molecular weight is 317 g/mol. The number of amides is 1. The minimum atomic E-state index is -0.565. The van der Waals surface area contributed by atoms with E-state index in [0.717, 1.165) is 0 Å². The van der Waals surface area contributed by atoms with E-state index < -0.39 is 11.7 Å². The highest BCUT2D eigenvalue weighted by atomic mass is 35.5. The van der Waals surface area contributed by atoms with Gasteiger partial charge in [0, 0.05) is 16.1 Å². The molecule has 0 fully saturated rings. The van der Waals surface area contributed by atoms with E-state index in [2.05, 4.69) is 20.5 Å². The molecule has 0 atom stereocenters. The van der Waals surface area contributed by atoms with Crippen LogP contribution in [0.3, 0.4) is 0 Å². The van der Waals surface area contributed by atoms with E-state index in [1.54, 1.807) is 24.3 Å². The third kappa shape index (κ3) is 2.96. The Bertz CT molecular complexity index is 820. The minimum absolute atomic E-state index is 0.0771. The highest BCUT2D eigenvalue weighted by Crippen LogP contribution is 2.22. The monoisotopic (exact) mass is 316 g/mol. The molecule has 0 radical (unpaired) electrons. The summed E-state index contributed by atoms with van der Waals surface area (Å²) in [5.74, 6) is -0.551. The van der Waals surface area contributed by atoms with Crippen LogP contribution in [0.4, 0.5) is 10.1 Å². The number of aromatic nitrogens is 3. The van der Waals surface area contributed by atoms with E-state index in [0.29, 0.717) is 22.0 Å². The quantitative estimate of drug-likeness (QED) is 0.776. The van der Waals surface area contributed by atoms with Gasteiger partial charge in [-0.3, -0.25) is 9.89 Å². The Morgan fingerprint density at radius 3 is 2.77 bits per heavy atom. The summed E-state index contributed by atoms with van der Waals surface area (Å²) in [6.07, 6.45) is 1.34. The van der Waals surface area contributed by atoms with Crippen molar-refractivity contribution in [3.8, 4) is 11.4 Å². The molecule has 1 amide bonds. The Balaban J connectivity index is 1.82. The summed E-state index contributed by atoms with van der Waals surface area (Å²) < 4.78 is 14.1. The molecule has 0 unspecified atom stereocenters. The molecule has 3 rings (SSSR count). The third-order valence-corrected chi connectivity index (χ3v) is 3.23. The van der Waals surface area contributed by atoms with Crippen molar-refractivity contribution in [3.63, 3.8) is 0 Å². The second-order valence-electron chi connectivity index (χ2n) is 4.49. The number of hydrogen-bond acceptors (Lipinski definition) is 3. The molecule has 1 aromatic heterocycles. The molecular weight excluding hydrogens is 307 g/mol. The van der Waals surface area contributed by atoms with Crippen molar-refractivity contribution in [2.24, 2.45) is 0 Å². The molecule has 7 heteroatoms. The molecule has 0 aliphatic rings. The summed E-state index contributed by atoms with van der Waals surface area (Å²) in [6.45, 7) is 0. The Morgan fingerprint density at radius 1 is 1.23 bits per heavy atom. The molecule has 0 aliphatic carbocycles. The molecule has 0 saturated carbocycles. The molecular formula is C15H10ClFN4O. The van der Waals surface area contributed by atoms with E-state index in [4.69, 9.17) is 11.6 Å². The number of carbonyl (C=O) groups excluding carboxylic acids is 1. The highest BCUT2D eigenvalue weighted by Gasteiger charge is 2.11. The Morgan fingerprint density at radius 2 is 2.09 bits per heavy atom. The summed E-state index contributed by atoms with van der Waals surface area (Å²) in [7, 11) is 0. The van der Waals surface area contributed by atoms with Crippen molar-refractivity contribution < 1.29 is 9.18 Å². The van der Waals surface area contributed by atoms with Crippen LogP contribution < -0.4 is 5.32 Å². The lowest BCUT2D eigenvalue weighted by molar-refractivity contribution is 0.102. The van der Waals surface area contributed by atoms with Gasteiger partial charge in [-0.2, -0.15) is 5.10 Å². The van der Waals surface area contributed by atoms with Crippen molar-refractivity contribution in [2.75, 3.05) is 5.32 Å². The van der Waals surface area contributed by atoms with E-state index in [1.807, 2.05) is 0 Å². The van der Waals surface area contributed by atoms with Crippen LogP contribution in [-0.4, -0.2) is 21.1 Å². The van der Waals surface area contributed by atoms with Crippen LogP contribution in [0.1, 0.15) is 10.4 Å². The molecule has 110 valence electrons. The van der Waals surface area contributed by atoms with Gasteiger partial charge < -0.3 is 5.32 Å². The number of hydrogen-bond donors (Lipinski definition) is 2. The number of nitrogens with zero attached hydrogens (tertiary/aromatic N) is 2. The number of aromatic amines is 1. The Labute approximate surface area is 130 Å². The van der Waals surface area contributed by atoms with E-state index in [9.17, 15) is 9.18 Å². The summed E-state index contributed by atoms with van der Waals surface area (Å²) >= 11 is 5.83. The molecule has 2 N–H and O–H groups in total. The summed E-state index contributed by atoms with van der Waals surface area (Å²) in [4.78, 5) is 16.0. The van der Waals surface area contributed by atoms with Crippen molar-refractivity contribution in [3.05, 3.63) is 65.2 Å². The van der Waals surface area contributed by atoms with Crippen molar-refractivity contribution in [2.45, 2.75) is 0 Å². The van der Waals surface area contributed by atoms with Gasteiger partial charge in [0.05, 0.1) is 5.69 Å². The van der Waals surface area contributed by atoms with Crippen molar-refractivity contribution in [1.82, 2.24) is 15.2 Å². The zero-order valence-electron chi connectivity index (χ0n) is 11.2. The molecule has 5 nitrogen and oxygen atoms in total. The first kappa shape index (κ1) is 14.2. The predicted octanol–water partition coefficient (Wildman–Crippen LogP) is 3.52. The van der Waals surface area contributed by atoms with Gasteiger partial charge in [0.15, 0.2) is 5.82 Å². The highest BCUT2D eigenvalue weighted by molar-refractivity contribution is 6.31. The number of halogens is 2. The predicted molar refractivity (Wildman–Crippen MR) is 81.2 cm³/mol. The second-order valence-corrected chi connectivity index (χ2v) is 4.93. The topological polar surface area (TPSA) is 70.7 Å². The normalized spacial score (nSPS) is 10.5.